The fourth-order valence-corrected chi connectivity index (χ4v) is 2.22. The van der Waals surface area contributed by atoms with Crippen molar-refractivity contribution in [1.29, 1.82) is 0 Å². The summed E-state index contributed by atoms with van der Waals surface area (Å²) in [5.41, 5.74) is 0.540. The zero-order valence-electron chi connectivity index (χ0n) is 9.05. The topological polar surface area (TPSA) is 48.0 Å². The molecule has 0 amide bonds. The molecule has 0 saturated carbocycles. The molecule has 3 aliphatic heterocycles. The van der Waals surface area contributed by atoms with Gasteiger partial charge in [-0.2, -0.15) is 0 Å². The van der Waals surface area contributed by atoms with E-state index in [1.807, 2.05) is 4.90 Å². The minimum absolute atomic E-state index is 0.323. The summed E-state index contributed by atoms with van der Waals surface area (Å²) in [7, 11) is 0. The van der Waals surface area contributed by atoms with E-state index in [4.69, 9.17) is 14.2 Å². The van der Waals surface area contributed by atoms with Crippen LogP contribution in [0.5, 0.6) is 0 Å². The number of hydrogen-bond acceptors (Lipinski definition) is 5. The third-order valence-corrected chi connectivity index (χ3v) is 3.27. The first-order valence-corrected chi connectivity index (χ1v) is 5.75. The van der Waals surface area contributed by atoms with Crippen LogP contribution < -0.4 is 0 Å². The van der Waals surface area contributed by atoms with E-state index in [0.717, 1.165) is 25.8 Å². The van der Waals surface area contributed by atoms with E-state index in [1.165, 1.54) is 6.26 Å². The maximum absolute atomic E-state index is 11.9. The highest BCUT2D eigenvalue weighted by Gasteiger charge is 2.37. The normalized spacial score (nSPS) is 32.2. The van der Waals surface area contributed by atoms with Crippen molar-refractivity contribution in [2.45, 2.75) is 31.6 Å². The lowest BCUT2D eigenvalue weighted by Crippen LogP contribution is -2.53. The highest BCUT2D eigenvalue weighted by molar-refractivity contribution is 5.88. The molecule has 0 aromatic heterocycles. The number of nitrogens with zero attached hydrogens (tertiary/aromatic N) is 1. The minimum Gasteiger partial charge on any atom is -0.497 e. The highest BCUT2D eigenvalue weighted by Crippen LogP contribution is 2.28. The molecule has 0 bridgehead atoms. The van der Waals surface area contributed by atoms with Gasteiger partial charge in [0.1, 0.15) is 12.9 Å². The fraction of sp³-hybridized carbons (Fsp3) is 0.727. The van der Waals surface area contributed by atoms with Crippen LogP contribution in [0.4, 0.5) is 0 Å². The summed E-state index contributed by atoms with van der Waals surface area (Å²) < 4.78 is 15.8. The summed E-state index contributed by atoms with van der Waals surface area (Å²) in [4.78, 5) is 13.9. The van der Waals surface area contributed by atoms with E-state index < -0.39 is 0 Å². The van der Waals surface area contributed by atoms with Crippen LogP contribution in [-0.4, -0.2) is 43.0 Å². The smallest absolute Gasteiger partial charge is 0.360 e. The zero-order valence-corrected chi connectivity index (χ0v) is 9.05. The number of hydrogen-bond donors (Lipinski definition) is 0. The Kier molecular flexibility index (Phi) is 2.47. The van der Waals surface area contributed by atoms with Gasteiger partial charge in [0.05, 0.1) is 12.6 Å². The van der Waals surface area contributed by atoms with Gasteiger partial charge in [-0.1, -0.05) is 0 Å². The summed E-state index contributed by atoms with van der Waals surface area (Å²) in [6.07, 6.45) is 3.98. The van der Waals surface area contributed by atoms with Gasteiger partial charge in [0.25, 0.3) is 0 Å². The van der Waals surface area contributed by atoms with Gasteiger partial charge in [0.15, 0.2) is 5.70 Å². The first kappa shape index (κ1) is 9.96. The van der Waals surface area contributed by atoms with Crippen molar-refractivity contribution < 1.29 is 19.0 Å². The lowest BCUT2D eigenvalue weighted by atomic mass is 10.0. The molecular formula is C11H15NO4. The molecule has 0 aromatic carbocycles. The molecule has 0 aromatic rings. The molecule has 5 nitrogen and oxygen atoms in total. The van der Waals surface area contributed by atoms with Crippen LogP contribution in [0.15, 0.2) is 12.0 Å². The van der Waals surface area contributed by atoms with Crippen LogP contribution in [0.3, 0.4) is 0 Å². The molecule has 16 heavy (non-hydrogen) atoms. The quantitative estimate of drug-likeness (QED) is 0.644. The maximum atomic E-state index is 11.9. The van der Waals surface area contributed by atoms with Gasteiger partial charge in [-0.25, -0.2) is 4.79 Å². The van der Waals surface area contributed by atoms with Crippen molar-refractivity contribution in [2.24, 2.45) is 0 Å². The third-order valence-electron chi connectivity index (χ3n) is 3.27. The van der Waals surface area contributed by atoms with Crippen LogP contribution in [0.1, 0.15) is 19.3 Å². The summed E-state index contributed by atoms with van der Waals surface area (Å²) in [5, 5.41) is 0. The molecule has 5 heteroatoms. The summed E-state index contributed by atoms with van der Waals surface area (Å²) >= 11 is 0. The Morgan fingerprint density at radius 3 is 3.12 bits per heavy atom. The number of carbonyl (C=O) groups is 1. The average molecular weight is 225 g/mol. The van der Waals surface area contributed by atoms with Gasteiger partial charge in [-0.15, -0.1) is 0 Å². The first-order valence-electron chi connectivity index (χ1n) is 5.75. The van der Waals surface area contributed by atoms with E-state index >= 15 is 0 Å². The van der Waals surface area contributed by atoms with Gasteiger partial charge in [0.2, 0.25) is 6.29 Å². The Morgan fingerprint density at radius 1 is 1.50 bits per heavy atom. The molecule has 0 spiro atoms. The van der Waals surface area contributed by atoms with Gasteiger partial charge in [-0.3, -0.25) is 0 Å². The molecule has 0 radical (unpaired) electrons. The lowest BCUT2D eigenvalue weighted by molar-refractivity contribution is -0.169. The molecule has 2 unspecified atom stereocenters. The minimum atomic E-state index is -0.366. The molecule has 0 aliphatic carbocycles. The SMILES string of the molecule is O=C(OC1CCCO1)C1=COCC2CCN12. The van der Waals surface area contributed by atoms with Crippen LogP contribution in [0, 0.1) is 0 Å². The molecular weight excluding hydrogens is 210 g/mol. The van der Waals surface area contributed by atoms with Crippen LogP contribution >= 0.6 is 0 Å². The van der Waals surface area contributed by atoms with E-state index in [0.29, 0.717) is 25.0 Å². The number of carbonyl (C=O) groups excluding carboxylic acids is 1. The summed E-state index contributed by atoms with van der Waals surface area (Å²) in [6.45, 7) is 2.27. The molecule has 3 heterocycles. The van der Waals surface area contributed by atoms with E-state index in [9.17, 15) is 4.79 Å². The maximum Gasteiger partial charge on any atom is 0.360 e. The second kappa shape index (κ2) is 3.97. The fourth-order valence-electron chi connectivity index (χ4n) is 2.22. The van der Waals surface area contributed by atoms with Crippen molar-refractivity contribution in [3.63, 3.8) is 0 Å². The molecule has 3 aliphatic rings. The lowest BCUT2D eigenvalue weighted by Gasteiger charge is -2.44. The second-order valence-corrected chi connectivity index (χ2v) is 4.32. The van der Waals surface area contributed by atoms with Gasteiger partial charge in [-0.05, 0) is 12.8 Å². The number of esters is 1. The molecule has 2 saturated heterocycles. The largest absolute Gasteiger partial charge is 0.497 e. The standard InChI is InChI=1S/C11H15NO4/c13-11(16-10-2-1-5-15-10)9-7-14-6-8-3-4-12(8)9/h7-8,10H,1-6H2. The van der Waals surface area contributed by atoms with Gasteiger partial charge < -0.3 is 19.1 Å². The monoisotopic (exact) mass is 225 g/mol. The molecule has 3 rings (SSSR count). The van der Waals surface area contributed by atoms with Crippen molar-refractivity contribution in [3.8, 4) is 0 Å². The Morgan fingerprint density at radius 2 is 2.44 bits per heavy atom. The number of rotatable bonds is 2. The first-order chi connectivity index (χ1) is 7.84. The number of ether oxygens (including phenoxy) is 3. The Balaban J connectivity index is 1.62. The molecule has 2 fully saturated rings. The van der Waals surface area contributed by atoms with Gasteiger partial charge in [0, 0.05) is 13.0 Å². The zero-order chi connectivity index (χ0) is 11.0. The van der Waals surface area contributed by atoms with Gasteiger partial charge >= 0.3 is 5.97 Å². The van der Waals surface area contributed by atoms with Crippen LogP contribution in [0.25, 0.3) is 0 Å². The predicted molar refractivity (Wildman–Crippen MR) is 54.2 cm³/mol. The second-order valence-electron chi connectivity index (χ2n) is 4.32. The van der Waals surface area contributed by atoms with E-state index in [-0.39, 0.29) is 12.3 Å². The van der Waals surface area contributed by atoms with Crippen molar-refractivity contribution in [1.82, 2.24) is 4.90 Å². The van der Waals surface area contributed by atoms with Crippen molar-refractivity contribution in [3.05, 3.63) is 12.0 Å². The molecule has 0 N–H and O–H groups in total. The molecule has 2 atom stereocenters. The predicted octanol–water partition coefficient (Wildman–Crippen LogP) is 0.612. The summed E-state index contributed by atoms with van der Waals surface area (Å²) in [5.74, 6) is -0.323. The average Bonchev–Trinajstić information content (AvgIpc) is 2.72. The van der Waals surface area contributed by atoms with E-state index in [2.05, 4.69) is 0 Å². The molecule has 88 valence electrons. The van der Waals surface area contributed by atoms with Crippen molar-refractivity contribution >= 4 is 5.97 Å². The van der Waals surface area contributed by atoms with Crippen LogP contribution in [0.2, 0.25) is 0 Å². The third kappa shape index (κ3) is 1.65. The Bertz CT molecular complexity index is 322. The summed E-state index contributed by atoms with van der Waals surface area (Å²) in [6, 6.07) is 0.358. The van der Waals surface area contributed by atoms with Crippen molar-refractivity contribution in [2.75, 3.05) is 19.8 Å². The van der Waals surface area contributed by atoms with Crippen LogP contribution in [-0.2, 0) is 19.0 Å². The highest BCUT2D eigenvalue weighted by atomic mass is 16.7. The van der Waals surface area contributed by atoms with E-state index in [1.54, 1.807) is 0 Å². The Labute approximate surface area is 93.9 Å². The number of fused-ring (bicyclic) bond motifs is 1. The Hall–Kier alpha value is -1.23.